The van der Waals surface area contributed by atoms with Crippen LogP contribution in [0.15, 0.2) is 218 Å². The highest BCUT2D eigenvalue weighted by Crippen LogP contribution is 2.59. The summed E-state index contributed by atoms with van der Waals surface area (Å²) in [5.74, 6) is 0. The van der Waals surface area contributed by atoms with Crippen molar-refractivity contribution in [2.45, 2.75) is 31.6 Å². The fourth-order valence-electron chi connectivity index (χ4n) is 10.2. The number of anilines is 3. The van der Waals surface area contributed by atoms with Gasteiger partial charge in [-0.2, -0.15) is 0 Å². The molecule has 278 valence electrons. The van der Waals surface area contributed by atoms with Gasteiger partial charge in [0.2, 0.25) is 0 Å². The number of hydrogen-bond acceptors (Lipinski definition) is 1. The van der Waals surface area contributed by atoms with Crippen LogP contribution in [0.3, 0.4) is 0 Å². The van der Waals surface area contributed by atoms with Gasteiger partial charge in [-0.3, -0.25) is 0 Å². The lowest BCUT2D eigenvalue weighted by molar-refractivity contribution is 0.654. The molecule has 0 N–H and O–H groups in total. The van der Waals surface area contributed by atoms with Crippen LogP contribution in [0.25, 0.3) is 39.0 Å². The summed E-state index contributed by atoms with van der Waals surface area (Å²) < 4.78 is 0. The maximum Gasteiger partial charge on any atom is 0.0713 e. The lowest BCUT2D eigenvalue weighted by Crippen LogP contribution is -2.28. The molecule has 1 nitrogen and oxygen atoms in total. The van der Waals surface area contributed by atoms with Crippen LogP contribution in [0, 0.1) is 0 Å². The number of fused-ring (bicyclic) bond motifs is 4. The average Bonchev–Trinajstić information content (AvgIpc) is 3.69. The maximum atomic E-state index is 4.23. The lowest BCUT2D eigenvalue weighted by atomic mass is 9.67. The Morgan fingerprint density at radius 2 is 0.983 bits per heavy atom. The first-order valence-electron chi connectivity index (χ1n) is 20.3. The van der Waals surface area contributed by atoms with E-state index >= 15 is 0 Å². The second-order valence-corrected chi connectivity index (χ2v) is 16.1. The van der Waals surface area contributed by atoms with E-state index in [9.17, 15) is 0 Å². The first-order valence-corrected chi connectivity index (χ1v) is 20.3. The summed E-state index contributed by atoms with van der Waals surface area (Å²) in [4.78, 5) is 2.46. The molecule has 0 aliphatic heterocycles. The zero-order chi connectivity index (χ0) is 39.4. The van der Waals surface area contributed by atoms with Crippen molar-refractivity contribution < 1.29 is 0 Å². The third kappa shape index (κ3) is 5.31. The molecule has 0 aromatic heterocycles. The molecule has 8 aromatic rings. The zero-order valence-electron chi connectivity index (χ0n) is 33.3. The van der Waals surface area contributed by atoms with Gasteiger partial charge in [-0.1, -0.05) is 196 Å². The quantitative estimate of drug-likeness (QED) is 0.150. The van der Waals surface area contributed by atoms with Gasteiger partial charge in [0.25, 0.3) is 0 Å². The minimum atomic E-state index is -0.481. The number of benzene rings is 8. The topological polar surface area (TPSA) is 3.24 Å². The van der Waals surface area contributed by atoms with Crippen molar-refractivity contribution >= 4 is 22.6 Å². The highest BCUT2D eigenvalue weighted by Gasteiger charge is 2.47. The standard InChI is InChI=1S/C57H45N/c1-5-50-39(2)46-37-36-45(38-53(46)56(50,3)4)58(44-34-32-41(33-35-44)40-20-9-6-10-21-40)54-31-18-16-26-47(54)48-28-19-30-52-55(48)49-27-15-17-29-51(49)57(52,42-22-11-7-12-23-42)43-24-13-8-14-25-43/h5-38H,1H2,2-4H3. The molecular weight excluding hydrogens is 699 g/mol. The molecule has 0 saturated heterocycles. The maximum absolute atomic E-state index is 4.23. The van der Waals surface area contributed by atoms with Gasteiger partial charge in [-0.05, 0) is 110 Å². The lowest BCUT2D eigenvalue weighted by Gasteiger charge is -2.34. The number of hydrogen-bond donors (Lipinski definition) is 0. The predicted octanol–water partition coefficient (Wildman–Crippen LogP) is 15.1. The van der Waals surface area contributed by atoms with Gasteiger partial charge in [0.15, 0.2) is 0 Å². The number of para-hydroxylation sites is 1. The second-order valence-electron chi connectivity index (χ2n) is 16.1. The van der Waals surface area contributed by atoms with Gasteiger partial charge in [0, 0.05) is 22.4 Å². The second kappa shape index (κ2) is 13.9. The van der Waals surface area contributed by atoms with Crippen LogP contribution in [0.5, 0.6) is 0 Å². The van der Waals surface area contributed by atoms with Gasteiger partial charge >= 0.3 is 0 Å². The molecule has 2 aliphatic carbocycles. The van der Waals surface area contributed by atoms with Crippen molar-refractivity contribution in [2.75, 3.05) is 4.90 Å². The fraction of sp³-hybridized carbons (Fsp3) is 0.0877. The van der Waals surface area contributed by atoms with E-state index in [1.54, 1.807) is 0 Å². The monoisotopic (exact) mass is 743 g/mol. The highest BCUT2D eigenvalue weighted by atomic mass is 15.1. The predicted molar refractivity (Wildman–Crippen MR) is 245 cm³/mol. The summed E-state index contributed by atoms with van der Waals surface area (Å²) in [6.45, 7) is 11.1. The Morgan fingerprint density at radius 1 is 0.448 bits per heavy atom. The van der Waals surface area contributed by atoms with Crippen LogP contribution in [0.2, 0.25) is 0 Å². The SMILES string of the molecule is C=CC1=C(C)c2ccc(N(c3ccc(-c4ccccc4)cc3)c3ccccc3-c3cccc4c3-c3ccccc3C4(c3ccccc3)c3ccccc3)cc2C1(C)C. The molecule has 0 unspecified atom stereocenters. The van der Waals surface area contributed by atoms with Crippen LogP contribution in [-0.4, -0.2) is 0 Å². The first-order chi connectivity index (χ1) is 28.4. The average molecular weight is 744 g/mol. The molecule has 0 saturated carbocycles. The molecule has 0 fully saturated rings. The molecule has 2 aliphatic rings. The smallest absolute Gasteiger partial charge is 0.0713 e. The Labute approximate surface area is 342 Å². The molecular formula is C57H45N. The molecule has 58 heavy (non-hydrogen) atoms. The Hall–Kier alpha value is -6.96. The van der Waals surface area contributed by atoms with Gasteiger partial charge in [0.05, 0.1) is 11.1 Å². The van der Waals surface area contributed by atoms with E-state index in [2.05, 4.69) is 232 Å². The molecule has 10 rings (SSSR count). The van der Waals surface area contributed by atoms with Crippen molar-refractivity contribution in [1.82, 2.24) is 0 Å². The minimum Gasteiger partial charge on any atom is -0.310 e. The van der Waals surface area contributed by atoms with E-state index in [4.69, 9.17) is 0 Å². The van der Waals surface area contributed by atoms with E-state index in [0.29, 0.717) is 0 Å². The number of allylic oxidation sites excluding steroid dienone is 3. The van der Waals surface area contributed by atoms with Crippen molar-refractivity contribution in [3.05, 3.63) is 252 Å². The van der Waals surface area contributed by atoms with Crippen LogP contribution in [-0.2, 0) is 10.8 Å². The summed E-state index contributed by atoms with van der Waals surface area (Å²) in [5.41, 5.74) is 20.4. The van der Waals surface area contributed by atoms with Crippen LogP contribution >= 0.6 is 0 Å². The van der Waals surface area contributed by atoms with E-state index in [0.717, 1.165) is 17.1 Å². The summed E-state index contributed by atoms with van der Waals surface area (Å²) in [5, 5.41) is 0. The van der Waals surface area contributed by atoms with Crippen molar-refractivity contribution in [1.29, 1.82) is 0 Å². The summed E-state index contributed by atoms with van der Waals surface area (Å²) in [7, 11) is 0. The zero-order valence-corrected chi connectivity index (χ0v) is 33.3. The normalized spacial score (nSPS) is 14.4. The van der Waals surface area contributed by atoms with Crippen LogP contribution in [0.1, 0.15) is 54.2 Å². The fourth-order valence-corrected chi connectivity index (χ4v) is 10.2. The Morgan fingerprint density at radius 3 is 1.66 bits per heavy atom. The molecule has 0 atom stereocenters. The van der Waals surface area contributed by atoms with Crippen molar-refractivity contribution in [3.8, 4) is 33.4 Å². The summed E-state index contributed by atoms with van der Waals surface area (Å²) in [6.07, 6.45) is 2.04. The van der Waals surface area contributed by atoms with E-state index in [1.807, 2.05) is 6.08 Å². The van der Waals surface area contributed by atoms with Gasteiger partial charge < -0.3 is 4.90 Å². The summed E-state index contributed by atoms with van der Waals surface area (Å²) >= 11 is 0. The third-order valence-electron chi connectivity index (χ3n) is 12.8. The Bertz CT molecular complexity index is 2820. The van der Waals surface area contributed by atoms with E-state index in [-0.39, 0.29) is 5.41 Å². The number of rotatable bonds is 8. The van der Waals surface area contributed by atoms with Gasteiger partial charge in [0.1, 0.15) is 0 Å². The van der Waals surface area contributed by atoms with Gasteiger partial charge in [-0.25, -0.2) is 0 Å². The molecule has 8 aromatic carbocycles. The molecule has 1 heteroatoms. The Kier molecular flexibility index (Phi) is 8.50. The van der Waals surface area contributed by atoms with Crippen LogP contribution in [0.4, 0.5) is 17.1 Å². The van der Waals surface area contributed by atoms with Crippen LogP contribution < -0.4 is 4.90 Å². The van der Waals surface area contributed by atoms with Crippen molar-refractivity contribution in [2.24, 2.45) is 0 Å². The largest absolute Gasteiger partial charge is 0.310 e. The van der Waals surface area contributed by atoms with Crippen molar-refractivity contribution in [3.63, 3.8) is 0 Å². The van der Waals surface area contributed by atoms with E-state index in [1.165, 1.54) is 77.9 Å². The Balaban J connectivity index is 1.22. The third-order valence-corrected chi connectivity index (χ3v) is 12.8. The molecule has 0 amide bonds. The minimum absolute atomic E-state index is 0.165. The van der Waals surface area contributed by atoms with Gasteiger partial charge in [-0.15, -0.1) is 0 Å². The molecule has 0 radical (unpaired) electrons. The molecule has 0 spiro atoms. The molecule has 0 heterocycles. The first kappa shape index (κ1) is 35.5. The highest BCUT2D eigenvalue weighted by molar-refractivity contribution is 6.00. The number of nitrogens with zero attached hydrogens (tertiary/aromatic N) is 1. The summed E-state index contributed by atoms with van der Waals surface area (Å²) in [6, 6.07) is 73.8. The molecule has 0 bridgehead atoms. The van der Waals surface area contributed by atoms with E-state index < -0.39 is 5.41 Å².